The Labute approximate surface area is 106 Å². The number of hydrogen-bond acceptors (Lipinski definition) is 2. The second-order valence-electron chi connectivity index (χ2n) is 7.05. The third-order valence-corrected chi connectivity index (χ3v) is 5.51. The van der Waals surface area contributed by atoms with Crippen LogP contribution >= 0.6 is 0 Å². The molecule has 0 amide bonds. The van der Waals surface area contributed by atoms with E-state index in [-0.39, 0.29) is 0 Å². The molecule has 17 heavy (non-hydrogen) atoms. The number of nitrogens with zero attached hydrogens (tertiary/aromatic N) is 1. The van der Waals surface area contributed by atoms with Crippen molar-refractivity contribution >= 4 is 0 Å². The van der Waals surface area contributed by atoms with Crippen molar-refractivity contribution in [2.24, 2.45) is 5.41 Å². The summed E-state index contributed by atoms with van der Waals surface area (Å²) in [4.78, 5) is 2.88. The fraction of sp³-hybridized carbons (Fsp3) is 1.00. The van der Waals surface area contributed by atoms with Crippen LogP contribution in [0, 0.1) is 5.41 Å². The summed E-state index contributed by atoms with van der Waals surface area (Å²) in [7, 11) is 0. The van der Waals surface area contributed by atoms with Crippen LogP contribution in [-0.4, -0.2) is 36.1 Å². The molecule has 0 bridgehead atoms. The highest BCUT2D eigenvalue weighted by Gasteiger charge is 2.44. The Balaban J connectivity index is 1.72. The van der Waals surface area contributed by atoms with E-state index >= 15 is 0 Å². The van der Waals surface area contributed by atoms with Crippen molar-refractivity contribution in [3.05, 3.63) is 0 Å². The van der Waals surface area contributed by atoms with Crippen LogP contribution in [0.4, 0.5) is 0 Å². The molecule has 2 nitrogen and oxygen atoms in total. The molecule has 1 saturated carbocycles. The van der Waals surface area contributed by atoms with Crippen molar-refractivity contribution < 1.29 is 0 Å². The van der Waals surface area contributed by atoms with Gasteiger partial charge in [0.1, 0.15) is 0 Å². The maximum atomic E-state index is 3.74. The highest BCUT2D eigenvalue weighted by atomic mass is 15.2. The number of rotatable bonds is 2. The van der Waals surface area contributed by atoms with Gasteiger partial charge in [-0.05, 0) is 57.0 Å². The molecule has 0 spiro atoms. The Morgan fingerprint density at radius 3 is 2.59 bits per heavy atom. The Bertz CT molecular complexity index is 268. The zero-order valence-corrected chi connectivity index (χ0v) is 11.5. The minimum Gasteiger partial charge on any atom is -0.312 e. The van der Waals surface area contributed by atoms with Crippen molar-refractivity contribution in [3.63, 3.8) is 0 Å². The molecule has 1 N–H and O–H groups in total. The zero-order chi connectivity index (χ0) is 11.9. The fourth-order valence-corrected chi connectivity index (χ4v) is 4.60. The molecule has 98 valence electrons. The van der Waals surface area contributed by atoms with Crippen LogP contribution in [0.5, 0.6) is 0 Å². The largest absolute Gasteiger partial charge is 0.312 e. The smallest absolute Gasteiger partial charge is 0.0252 e. The molecule has 0 radical (unpaired) electrons. The molecule has 2 heteroatoms. The highest BCUT2D eigenvalue weighted by Crippen LogP contribution is 2.43. The van der Waals surface area contributed by atoms with Crippen molar-refractivity contribution in [3.8, 4) is 0 Å². The van der Waals surface area contributed by atoms with Crippen LogP contribution in [0.25, 0.3) is 0 Å². The first-order valence-electron chi connectivity index (χ1n) is 7.68. The van der Waals surface area contributed by atoms with Crippen molar-refractivity contribution in [2.45, 2.75) is 76.9 Å². The predicted molar refractivity (Wildman–Crippen MR) is 72.2 cm³/mol. The molecule has 3 unspecified atom stereocenters. The van der Waals surface area contributed by atoms with Crippen molar-refractivity contribution in [1.29, 1.82) is 0 Å². The lowest BCUT2D eigenvalue weighted by atomic mass is 9.85. The average Bonchev–Trinajstić information content (AvgIpc) is 2.94. The molecule has 2 aliphatic heterocycles. The normalized spacial score (nSPS) is 42.4. The minimum atomic E-state index is 0.557. The van der Waals surface area contributed by atoms with E-state index < -0.39 is 0 Å². The molecule has 1 aliphatic carbocycles. The monoisotopic (exact) mass is 236 g/mol. The van der Waals surface area contributed by atoms with E-state index in [9.17, 15) is 0 Å². The molecule has 3 fully saturated rings. The zero-order valence-electron chi connectivity index (χ0n) is 11.5. The molecule has 2 heterocycles. The second kappa shape index (κ2) is 4.55. The van der Waals surface area contributed by atoms with Gasteiger partial charge in [0, 0.05) is 18.1 Å². The summed E-state index contributed by atoms with van der Waals surface area (Å²) in [6.45, 7) is 7.59. The van der Waals surface area contributed by atoms with Gasteiger partial charge in [0.05, 0.1) is 0 Å². The first-order chi connectivity index (χ1) is 8.18. The van der Waals surface area contributed by atoms with Gasteiger partial charge in [-0.1, -0.05) is 20.3 Å². The summed E-state index contributed by atoms with van der Waals surface area (Å²) in [5.74, 6) is 0. The van der Waals surface area contributed by atoms with Gasteiger partial charge in [-0.15, -0.1) is 0 Å². The molecule has 0 aromatic rings. The first kappa shape index (κ1) is 12.0. The SMILES string of the molecule is CC1(C)CCCC1N1CCCC1C1CCCN1. The number of hydrogen-bond donors (Lipinski definition) is 1. The maximum Gasteiger partial charge on any atom is 0.0252 e. The molecule has 0 aromatic heterocycles. The van der Waals surface area contributed by atoms with Crippen LogP contribution in [0.3, 0.4) is 0 Å². The fourth-order valence-electron chi connectivity index (χ4n) is 4.60. The van der Waals surface area contributed by atoms with Gasteiger partial charge in [0.15, 0.2) is 0 Å². The van der Waals surface area contributed by atoms with E-state index in [0.717, 1.165) is 18.1 Å². The highest BCUT2D eigenvalue weighted by molar-refractivity contribution is 5.00. The van der Waals surface area contributed by atoms with Gasteiger partial charge >= 0.3 is 0 Å². The van der Waals surface area contributed by atoms with Crippen molar-refractivity contribution in [2.75, 3.05) is 13.1 Å². The molecular weight excluding hydrogens is 208 g/mol. The van der Waals surface area contributed by atoms with Crippen LogP contribution in [-0.2, 0) is 0 Å². The van der Waals surface area contributed by atoms with Gasteiger partial charge < -0.3 is 5.32 Å². The standard InChI is InChI=1S/C15H28N2/c1-15(2)9-3-8-14(15)17-11-5-7-13(17)12-6-4-10-16-12/h12-14,16H,3-11H2,1-2H3. The topological polar surface area (TPSA) is 15.3 Å². The lowest BCUT2D eigenvalue weighted by Crippen LogP contribution is -2.51. The van der Waals surface area contributed by atoms with Crippen LogP contribution < -0.4 is 5.32 Å². The molecular formula is C15H28N2. The van der Waals surface area contributed by atoms with Crippen molar-refractivity contribution in [1.82, 2.24) is 10.2 Å². The summed E-state index contributed by atoms with van der Waals surface area (Å²) >= 11 is 0. The quantitative estimate of drug-likeness (QED) is 0.793. The summed E-state index contributed by atoms with van der Waals surface area (Å²) in [5.41, 5.74) is 0.557. The van der Waals surface area contributed by atoms with E-state index in [4.69, 9.17) is 0 Å². The summed E-state index contributed by atoms with van der Waals surface area (Å²) < 4.78 is 0. The van der Waals surface area contributed by atoms with E-state index in [1.807, 2.05) is 0 Å². The second-order valence-corrected chi connectivity index (χ2v) is 7.05. The molecule has 3 rings (SSSR count). The third-order valence-electron chi connectivity index (χ3n) is 5.51. The number of nitrogens with one attached hydrogen (secondary N) is 1. The lowest BCUT2D eigenvalue weighted by Gasteiger charge is -2.40. The number of likely N-dealkylation sites (tertiary alicyclic amines) is 1. The molecule has 3 atom stereocenters. The first-order valence-corrected chi connectivity index (χ1v) is 7.68. The van der Waals surface area contributed by atoms with E-state index in [1.165, 1.54) is 58.0 Å². The maximum absolute atomic E-state index is 3.74. The van der Waals surface area contributed by atoms with Gasteiger partial charge in [-0.3, -0.25) is 4.90 Å². The molecule has 3 aliphatic rings. The van der Waals surface area contributed by atoms with E-state index in [0.29, 0.717) is 5.41 Å². The van der Waals surface area contributed by atoms with E-state index in [1.54, 1.807) is 0 Å². The lowest BCUT2D eigenvalue weighted by molar-refractivity contribution is 0.0858. The molecule has 2 saturated heterocycles. The Morgan fingerprint density at radius 1 is 1.06 bits per heavy atom. The summed E-state index contributed by atoms with van der Waals surface area (Å²) in [6, 6.07) is 2.51. The Hall–Kier alpha value is -0.0800. The minimum absolute atomic E-state index is 0.557. The van der Waals surface area contributed by atoms with Gasteiger partial charge in [-0.25, -0.2) is 0 Å². The van der Waals surface area contributed by atoms with E-state index in [2.05, 4.69) is 24.1 Å². The van der Waals surface area contributed by atoms with Crippen LogP contribution in [0.15, 0.2) is 0 Å². The van der Waals surface area contributed by atoms with Gasteiger partial charge in [-0.2, -0.15) is 0 Å². The third kappa shape index (κ3) is 2.15. The Kier molecular flexibility index (Phi) is 3.20. The summed E-state index contributed by atoms with van der Waals surface area (Å²) in [6.07, 6.45) is 9.98. The predicted octanol–water partition coefficient (Wildman–Crippen LogP) is 2.78. The summed E-state index contributed by atoms with van der Waals surface area (Å²) in [5, 5.41) is 3.74. The van der Waals surface area contributed by atoms with Crippen LogP contribution in [0.1, 0.15) is 58.8 Å². The van der Waals surface area contributed by atoms with Gasteiger partial charge in [0.2, 0.25) is 0 Å². The Morgan fingerprint density at radius 2 is 1.94 bits per heavy atom. The average molecular weight is 236 g/mol. The molecule has 0 aromatic carbocycles. The van der Waals surface area contributed by atoms with Crippen LogP contribution in [0.2, 0.25) is 0 Å². The van der Waals surface area contributed by atoms with Gasteiger partial charge in [0.25, 0.3) is 0 Å².